The molecule has 0 fully saturated rings. The second-order valence-electron chi connectivity index (χ2n) is 3.47. The average Bonchev–Trinajstić information content (AvgIpc) is 2.25. The second kappa shape index (κ2) is 5.57. The van der Waals surface area contributed by atoms with Crippen molar-refractivity contribution in [3.05, 3.63) is 22.1 Å². The van der Waals surface area contributed by atoms with Crippen molar-refractivity contribution in [3.63, 3.8) is 0 Å². The molecule has 0 aliphatic rings. The van der Waals surface area contributed by atoms with Gasteiger partial charge < -0.3 is 0 Å². The Balaban J connectivity index is 3.21. The Morgan fingerprint density at radius 1 is 1.47 bits per heavy atom. The van der Waals surface area contributed by atoms with Gasteiger partial charge in [-0.25, -0.2) is 4.98 Å². The molecule has 0 aliphatic carbocycles. The van der Waals surface area contributed by atoms with Crippen molar-refractivity contribution >= 4 is 11.8 Å². The molecule has 0 atom stereocenters. The number of nitrogens with zero attached hydrogens (tertiary/aromatic N) is 2. The summed E-state index contributed by atoms with van der Waals surface area (Å²) < 4.78 is 38.6. The number of alkyl halides is 3. The summed E-state index contributed by atoms with van der Waals surface area (Å²) in [4.78, 5) is 15.1. The largest absolute Gasteiger partial charge is 0.433 e. The summed E-state index contributed by atoms with van der Waals surface area (Å²) in [6, 6.07) is 0.551. The van der Waals surface area contributed by atoms with Crippen molar-refractivity contribution in [2.75, 3.05) is 6.26 Å². The molecule has 17 heavy (non-hydrogen) atoms. The molecule has 0 spiro atoms. The van der Waals surface area contributed by atoms with Crippen LogP contribution in [0, 0.1) is 0 Å². The first-order chi connectivity index (χ1) is 7.90. The topological polar surface area (TPSA) is 34.9 Å². The van der Waals surface area contributed by atoms with Crippen LogP contribution in [0.1, 0.15) is 25.5 Å². The molecule has 0 bridgehead atoms. The van der Waals surface area contributed by atoms with E-state index in [4.69, 9.17) is 0 Å². The highest BCUT2D eigenvalue weighted by molar-refractivity contribution is 7.98. The SMILES string of the molecule is CCCCn1c(SC)nc(C(F)(F)F)cc1=O. The van der Waals surface area contributed by atoms with Crippen LogP contribution in [0.2, 0.25) is 0 Å². The molecule has 0 aromatic carbocycles. The van der Waals surface area contributed by atoms with Gasteiger partial charge in [-0.1, -0.05) is 25.1 Å². The molecule has 1 heterocycles. The maximum absolute atomic E-state index is 12.4. The number of aromatic nitrogens is 2. The summed E-state index contributed by atoms with van der Waals surface area (Å²) in [6.45, 7) is 2.35. The van der Waals surface area contributed by atoms with Gasteiger partial charge >= 0.3 is 6.18 Å². The molecule has 0 saturated heterocycles. The van der Waals surface area contributed by atoms with Crippen LogP contribution in [0.15, 0.2) is 16.0 Å². The van der Waals surface area contributed by atoms with Crippen LogP contribution >= 0.6 is 11.8 Å². The average molecular weight is 266 g/mol. The van der Waals surface area contributed by atoms with Gasteiger partial charge in [-0.3, -0.25) is 9.36 Å². The molecule has 7 heteroatoms. The fourth-order valence-electron chi connectivity index (χ4n) is 1.31. The lowest BCUT2D eigenvalue weighted by molar-refractivity contribution is -0.141. The molecule has 96 valence electrons. The summed E-state index contributed by atoms with van der Waals surface area (Å²) >= 11 is 1.04. The highest BCUT2D eigenvalue weighted by Crippen LogP contribution is 2.27. The molecule has 3 nitrogen and oxygen atoms in total. The molecule has 0 radical (unpaired) electrons. The Bertz CT molecular complexity index is 442. The second-order valence-corrected chi connectivity index (χ2v) is 4.24. The lowest BCUT2D eigenvalue weighted by Gasteiger charge is -2.12. The Kier molecular flexibility index (Phi) is 4.62. The third-order valence-electron chi connectivity index (χ3n) is 2.18. The third-order valence-corrected chi connectivity index (χ3v) is 2.86. The van der Waals surface area contributed by atoms with Crippen LogP contribution in [0.4, 0.5) is 13.2 Å². The first kappa shape index (κ1) is 14.1. The molecule has 1 aromatic rings. The van der Waals surface area contributed by atoms with E-state index in [0.29, 0.717) is 12.6 Å². The van der Waals surface area contributed by atoms with Gasteiger partial charge in [-0.2, -0.15) is 13.2 Å². The van der Waals surface area contributed by atoms with Crippen molar-refractivity contribution in [3.8, 4) is 0 Å². The number of hydrogen-bond donors (Lipinski definition) is 0. The van der Waals surface area contributed by atoms with Crippen LogP contribution < -0.4 is 5.56 Å². The van der Waals surface area contributed by atoms with Crippen molar-refractivity contribution in [1.29, 1.82) is 0 Å². The van der Waals surface area contributed by atoms with Gasteiger partial charge in [0.1, 0.15) is 0 Å². The summed E-state index contributed by atoms with van der Waals surface area (Å²) in [5.74, 6) is 0. The maximum Gasteiger partial charge on any atom is 0.433 e. The monoisotopic (exact) mass is 266 g/mol. The minimum atomic E-state index is -4.58. The molecule has 0 saturated carbocycles. The molecule has 0 amide bonds. The fourth-order valence-corrected chi connectivity index (χ4v) is 1.90. The lowest BCUT2D eigenvalue weighted by Crippen LogP contribution is -2.26. The first-order valence-electron chi connectivity index (χ1n) is 5.13. The number of rotatable bonds is 4. The Morgan fingerprint density at radius 3 is 2.59 bits per heavy atom. The van der Waals surface area contributed by atoms with Gasteiger partial charge in [0.25, 0.3) is 5.56 Å². The van der Waals surface area contributed by atoms with E-state index in [1.165, 1.54) is 4.57 Å². The van der Waals surface area contributed by atoms with Crippen LogP contribution in [-0.2, 0) is 12.7 Å². The summed E-state index contributed by atoms with van der Waals surface area (Å²) in [5.41, 5.74) is -1.77. The van der Waals surface area contributed by atoms with E-state index in [2.05, 4.69) is 4.98 Å². The van der Waals surface area contributed by atoms with Crippen LogP contribution in [0.5, 0.6) is 0 Å². The quantitative estimate of drug-likeness (QED) is 0.621. The minimum absolute atomic E-state index is 0.110. The zero-order chi connectivity index (χ0) is 13.1. The van der Waals surface area contributed by atoms with Gasteiger partial charge in [-0.15, -0.1) is 0 Å². The normalized spacial score (nSPS) is 11.8. The van der Waals surface area contributed by atoms with Gasteiger partial charge in [0.2, 0.25) is 0 Å². The van der Waals surface area contributed by atoms with E-state index in [-0.39, 0.29) is 5.16 Å². The van der Waals surface area contributed by atoms with Crippen molar-refractivity contribution in [1.82, 2.24) is 9.55 Å². The summed E-state index contributed by atoms with van der Waals surface area (Å²) in [7, 11) is 0. The number of halogens is 3. The highest BCUT2D eigenvalue weighted by Gasteiger charge is 2.33. The smallest absolute Gasteiger partial charge is 0.288 e. The lowest BCUT2D eigenvalue weighted by atomic mass is 10.3. The van der Waals surface area contributed by atoms with Crippen molar-refractivity contribution < 1.29 is 13.2 Å². The van der Waals surface area contributed by atoms with E-state index in [1.54, 1.807) is 6.26 Å². The fraction of sp³-hybridized carbons (Fsp3) is 0.600. The van der Waals surface area contributed by atoms with Crippen molar-refractivity contribution in [2.24, 2.45) is 0 Å². The third kappa shape index (κ3) is 3.49. The Morgan fingerprint density at radius 2 is 2.12 bits per heavy atom. The standard InChI is InChI=1S/C10H13F3N2OS/c1-3-4-5-15-8(16)6-7(10(11,12)13)14-9(15)17-2/h6H,3-5H2,1-2H3. The highest BCUT2D eigenvalue weighted by atomic mass is 32.2. The minimum Gasteiger partial charge on any atom is -0.288 e. The zero-order valence-corrected chi connectivity index (χ0v) is 10.4. The molecule has 0 aliphatic heterocycles. The van der Waals surface area contributed by atoms with E-state index < -0.39 is 17.4 Å². The van der Waals surface area contributed by atoms with Crippen molar-refractivity contribution in [2.45, 2.75) is 37.6 Å². The Labute approximate surface area is 101 Å². The molecule has 1 rings (SSSR count). The molecule has 0 unspecified atom stereocenters. The molecule has 1 aromatic heterocycles. The molecular weight excluding hydrogens is 253 g/mol. The van der Waals surface area contributed by atoms with Gasteiger partial charge in [0, 0.05) is 12.6 Å². The van der Waals surface area contributed by atoms with E-state index >= 15 is 0 Å². The molecule has 0 N–H and O–H groups in total. The predicted molar refractivity (Wildman–Crippen MR) is 60.2 cm³/mol. The zero-order valence-electron chi connectivity index (χ0n) is 9.54. The van der Waals surface area contributed by atoms with E-state index in [9.17, 15) is 18.0 Å². The van der Waals surface area contributed by atoms with Crippen LogP contribution in [0.3, 0.4) is 0 Å². The van der Waals surface area contributed by atoms with Crippen LogP contribution in [0.25, 0.3) is 0 Å². The summed E-state index contributed by atoms with van der Waals surface area (Å²) in [6.07, 6.45) is -1.38. The summed E-state index contributed by atoms with van der Waals surface area (Å²) in [5, 5.41) is 0.110. The number of unbranched alkanes of at least 4 members (excludes halogenated alkanes) is 1. The predicted octanol–water partition coefficient (Wildman–Crippen LogP) is 2.78. The van der Waals surface area contributed by atoms with Gasteiger partial charge in [-0.05, 0) is 12.7 Å². The van der Waals surface area contributed by atoms with E-state index in [1.807, 2.05) is 6.92 Å². The van der Waals surface area contributed by atoms with Gasteiger partial charge in [0.15, 0.2) is 10.9 Å². The number of thioether (sulfide) groups is 1. The van der Waals surface area contributed by atoms with Crippen LogP contribution in [-0.4, -0.2) is 15.8 Å². The Hall–Kier alpha value is -0.980. The number of hydrogen-bond acceptors (Lipinski definition) is 3. The maximum atomic E-state index is 12.4. The van der Waals surface area contributed by atoms with E-state index in [0.717, 1.165) is 24.6 Å². The first-order valence-corrected chi connectivity index (χ1v) is 6.35. The van der Waals surface area contributed by atoms with Gasteiger partial charge in [0.05, 0.1) is 0 Å². The molecular formula is C10H13F3N2OS.